The van der Waals surface area contributed by atoms with Crippen LogP contribution in [0, 0.1) is 5.82 Å². The van der Waals surface area contributed by atoms with E-state index in [1.807, 2.05) is 0 Å². The summed E-state index contributed by atoms with van der Waals surface area (Å²) in [5, 5.41) is 4.70. The molecule has 5 nitrogen and oxygen atoms in total. The van der Waals surface area contributed by atoms with Gasteiger partial charge in [0.15, 0.2) is 0 Å². The van der Waals surface area contributed by atoms with Crippen molar-refractivity contribution in [2.75, 3.05) is 5.73 Å². The Labute approximate surface area is 102 Å². The van der Waals surface area contributed by atoms with Crippen molar-refractivity contribution in [2.45, 2.75) is 0 Å². The lowest BCUT2D eigenvalue weighted by atomic mass is 10.1. The monoisotopic (exact) mass is 243 g/mol. The topological polar surface area (TPSA) is 69.6 Å². The van der Waals surface area contributed by atoms with Gasteiger partial charge in [0.05, 0.1) is 11.9 Å². The summed E-state index contributed by atoms with van der Waals surface area (Å²) in [7, 11) is 1.80. The summed E-state index contributed by atoms with van der Waals surface area (Å²) in [6.07, 6.45) is 3.46. The van der Waals surface area contributed by atoms with E-state index in [4.69, 9.17) is 5.73 Å². The van der Waals surface area contributed by atoms with E-state index in [0.717, 1.165) is 5.56 Å². The predicted octanol–water partition coefficient (Wildman–Crippen LogP) is 1.75. The number of hydrogen-bond acceptors (Lipinski definition) is 4. The van der Waals surface area contributed by atoms with Gasteiger partial charge in [-0.1, -0.05) is 12.1 Å². The molecule has 0 amide bonds. The van der Waals surface area contributed by atoms with Gasteiger partial charge >= 0.3 is 0 Å². The van der Waals surface area contributed by atoms with E-state index >= 15 is 0 Å². The molecule has 2 heterocycles. The fraction of sp³-hybridized carbons (Fsp3) is 0.0833. The first kappa shape index (κ1) is 10.6. The average Bonchev–Trinajstić information content (AvgIpc) is 2.76. The summed E-state index contributed by atoms with van der Waals surface area (Å²) in [6.45, 7) is 0. The van der Waals surface area contributed by atoms with Crippen molar-refractivity contribution in [2.24, 2.45) is 7.05 Å². The van der Waals surface area contributed by atoms with Gasteiger partial charge in [-0.15, -0.1) is 0 Å². The third-order valence-electron chi connectivity index (χ3n) is 2.67. The van der Waals surface area contributed by atoms with Crippen LogP contribution < -0.4 is 5.73 Å². The highest BCUT2D eigenvalue weighted by atomic mass is 19.1. The van der Waals surface area contributed by atoms with Crippen LogP contribution in [0.4, 0.5) is 10.3 Å². The molecule has 0 atom stereocenters. The highest BCUT2D eigenvalue weighted by Crippen LogP contribution is 2.27. The second-order valence-electron chi connectivity index (χ2n) is 3.97. The molecule has 0 radical (unpaired) electrons. The van der Waals surface area contributed by atoms with Crippen LogP contribution in [0.25, 0.3) is 22.2 Å². The number of aryl methyl sites for hydroxylation is 1. The molecule has 90 valence electrons. The van der Waals surface area contributed by atoms with Crippen LogP contribution in [0.5, 0.6) is 0 Å². The Morgan fingerprint density at radius 1 is 1.28 bits per heavy atom. The molecule has 0 saturated carbocycles. The van der Waals surface area contributed by atoms with Gasteiger partial charge in [-0.25, -0.2) is 14.4 Å². The Balaban J connectivity index is 2.38. The SMILES string of the molecule is Cn1cc(-c2nc(N)nc3c(F)cccc23)cn1. The maximum atomic E-state index is 13.7. The number of nitrogens with two attached hydrogens (primary N) is 1. The van der Waals surface area contributed by atoms with E-state index in [1.165, 1.54) is 6.07 Å². The summed E-state index contributed by atoms with van der Waals surface area (Å²) in [6, 6.07) is 4.74. The molecule has 0 unspecified atom stereocenters. The summed E-state index contributed by atoms with van der Waals surface area (Å²) in [4.78, 5) is 8.11. The number of para-hydroxylation sites is 1. The molecule has 0 aliphatic rings. The first-order chi connectivity index (χ1) is 8.65. The fourth-order valence-corrected chi connectivity index (χ4v) is 1.90. The van der Waals surface area contributed by atoms with Crippen molar-refractivity contribution in [3.05, 3.63) is 36.4 Å². The van der Waals surface area contributed by atoms with E-state index in [2.05, 4.69) is 15.1 Å². The Morgan fingerprint density at radius 2 is 2.11 bits per heavy atom. The number of nitrogens with zero attached hydrogens (tertiary/aromatic N) is 4. The van der Waals surface area contributed by atoms with Crippen molar-refractivity contribution >= 4 is 16.9 Å². The molecule has 0 bridgehead atoms. The summed E-state index contributed by atoms with van der Waals surface area (Å²) >= 11 is 0. The Kier molecular flexibility index (Phi) is 2.22. The van der Waals surface area contributed by atoms with Crippen molar-refractivity contribution in [1.82, 2.24) is 19.7 Å². The maximum Gasteiger partial charge on any atom is 0.221 e. The molecule has 3 aromatic rings. The lowest BCUT2D eigenvalue weighted by Crippen LogP contribution is -1.99. The predicted molar refractivity (Wildman–Crippen MR) is 66.1 cm³/mol. The van der Waals surface area contributed by atoms with Crippen LogP contribution in [0.2, 0.25) is 0 Å². The largest absolute Gasteiger partial charge is 0.368 e. The molecule has 3 rings (SSSR count). The number of benzene rings is 1. The molecule has 1 aromatic carbocycles. The average molecular weight is 243 g/mol. The van der Waals surface area contributed by atoms with Gasteiger partial charge < -0.3 is 5.73 Å². The number of halogens is 1. The number of nitrogen functional groups attached to an aromatic ring is 1. The van der Waals surface area contributed by atoms with E-state index in [-0.39, 0.29) is 11.5 Å². The third-order valence-corrected chi connectivity index (χ3v) is 2.67. The highest BCUT2D eigenvalue weighted by molar-refractivity contribution is 5.93. The Morgan fingerprint density at radius 3 is 2.83 bits per heavy atom. The Bertz CT molecular complexity index is 734. The smallest absolute Gasteiger partial charge is 0.221 e. The zero-order valence-corrected chi connectivity index (χ0v) is 9.63. The van der Waals surface area contributed by atoms with E-state index in [9.17, 15) is 4.39 Å². The number of hydrogen-bond donors (Lipinski definition) is 1. The van der Waals surface area contributed by atoms with E-state index in [1.54, 1.807) is 36.3 Å². The van der Waals surface area contributed by atoms with Crippen LogP contribution >= 0.6 is 0 Å². The number of anilines is 1. The minimum atomic E-state index is -0.410. The molecule has 18 heavy (non-hydrogen) atoms. The molecular weight excluding hydrogens is 233 g/mol. The molecule has 2 N–H and O–H groups in total. The van der Waals surface area contributed by atoms with E-state index < -0.39 is 5.82 Å². The fourth-order valence-electron chi connectivity index (χ4n) is 1.90. The first-order valence-electron chi connectivity index (χ1n) is 5.36. The summed E-state index contributed by atoms with van der Waals surface area (Å²) < 4.78 is 15.4. The Hall–Kier alpha value is -2.50. The lowest BCUT2D eigenvalue weighted by molar-refractivity contribution is 0.636. The second kappa shape index (κ2) is 3.76. The van der Waals surface area contributed by atoms with E-state index in [0.29, 0.717) is 11.1 Å². The van der Waals surface area contributed by atoms with Crippen molar-refractivity contribution < 1.29 is 4.39 Å². The van der Waals surface area contributed by atoms with Crippen LogP contribution in [0.15, 0.2) is 30.6 Å². The minimum absolute atomic E-state index is 0.0476. The normalized spacial score (nSPS) is 11.0. The summed E-state index contributed by atoms with van der Waals surface area (Å²) in [5.41, 5.74) is 7.22. The van der Waals surface area contributed by atoms with Crippen molar-refractivity contribution in [3.63, 3.8) is 0 Å². The molecule has 0 spiro atoms. The maximum absolute atomic E-state index is 13.7. The van der Waals surface area contributed by atoms with Crippen LogP contribution in [-0.4, -0.2) is 19.7 Å². The quantitative estimate of drug-likeness (QED) is 0.707. The zero-order chi connectivity index (χ0) is 12.7. The lowest BCUT2D eigenvalue weighted by Gasteiger charge is -2.05. The molecule has 0 fully saturated rings. The number of rotatable bonds is 1. The van der Waals surface area contributed by atoms with Gasteiger partial charge in [0.1, 0.15) is 11.3 Å². The van der Waals surface area contributed by atoms with Crippen molar-refractivity contribution in [1.29, 1.82) is 0 Å². The number of aromatic nitrogens is 4. The molecule has 0 aliphatic carbocycles. The molecule has 0 aliphatic heterocycles. The molecule has 6 heteroatoms. The number of fused-ring (bicyclic) bond motifs is 1. The highest BCUT2D eigenvalue weighted by Gasteiger charge is 2.12. The van der Waals surface area contributed by atoms with Gasteiger partial charge in [-0.3, -0.25) is 4.68 Å². The molecule has 0 saturated heterocycles. The standard InChI is InChI=1S/C12H10FN5/c1-18-6-7(5-15-18)10-8-3-2-4-9(13)11(8)17-12(14)16-10/h2-6H,1H3,(H2,14,16,17). The van der Waals surface area contributed by atoms with Crippen LogP contribution in [0.1, 0.15) is 0 Å². The minimum Gasteiger partial charge on any atom is -0.368 e. The second-order valence-corrected chi connectivity index (χ2v) is 3.97. The van der Waals surface area contributed by atoms with Crippen LogP contribution in [-0.2, 0) is 7.05 Å². The summed E-state index contributed by atoms with van der Waals surface area (Å²) in [5.74, 6) is -0.363. The molecular formula is C12H10FN5. The van der Waals surface area contributed by atoms with Gasteiger partial charge in [0, 0.05) is 24.2 Å². The third kappa shape index (κ3) is 1.58. The van der Waals surface area contributed by atoms with Gasteiger partial charge in [-0.05, 0) is 6.07 Å². The zero-order valence-electron chi connectivity index (χ0n) is 9.63. The first-order valence-corrected chi connectivity index (χ1v) is 5.36. The van der Waals surface area contributed by atoms with Gasteiger partial charge in [0.2, 0.25) is 5.95 Å². The molecule has 2 aromatic heterocycles. The van der Waals surface area contributed by atoms with Crippen molar-refractivity contribution in [3.8, 4) is 11.3 Å². The van der Waals surface area contributed by atoms with Gasteiger partial charge in [0.25, 0.3) is 0 Å². The van der Waals surface area contributed by atoms with Crippen LogP contribution in [0.3, 0.4) is 0 Å². The van der Waals surface area contributed by atoms with Gasteiger partial charge in [-0.2, -0.15) is 5.10 Å².